The second-order valence-corrected chi connectivity index (χ2v) is 4.49. The molecule has 1 aliphatic rings. The molecule has 0 saturated heterocycles. The fraction of sp³-hybridized carbons (Fsp3) is 0.462. The van der Waals surface area contributed by atoms with Crippen LogP contribution in [0.4, 0.5) is 0 Å². The summed E-state index contributed by atoms with van der Waals surface area (Å²) in [6.07, 6.45) is 6.44. The van der Waals surface area contributed by atoms with Gasteiger partial charge in [0, 0.05) is 12.5 Å². The summed E-state index contributed by atoms with van der Waals surface area (Å²) in [4.78, 5) is 26.9. The summed E-state index contributed by atoms with van der Waals surface area (Å²) < 4.78 is 5.10. The molecule has 0 spiro atoms. The van der Waals surface area contributed by atoms with Crippen LogP contribution in [-0.2, 0) is 11.2 Å². The van der Waals surface area contributed by atoms with E-state index in [2.05, 4.69) is 10.3 Å². The quantitative estimate of drug-likeness (QED) is 0.801. The number of rotatable bonds is 4. The van der Waals surface area contributed by atoms with Gasteiger partial charge in [0.15, 0.2) is 11.6 Å². The number of nitrogens with zero attached hydrogens (tertiary/aromatic N) is 1. The zero-order chi connectivity index (χ0) is 13.8. The summed E-state index contributed by atoms with van der Waals surface area (Å²) >= 11 is 0. The number of aliphatic carboxylic acids is 1. The van der Waals surface area contributed by atoms with E-state index in [4.69, 9.17) is 9.52 Å². The Kier molecular flexibility index (Phi) is 3.99. The molecule has 2 atom stereocenters. The first-order valence-corrected chi connectivity index (χ1v) is 6.25. The molecule has 0 aromatic carbocycles. The van der Waals surface area contributed by atoms with E-state index in [0.717, 1.165) is 0 Å². The standard InChI is InChI=1S/C13H16N2O4/c1-2-11-15-10(7-19-11)12(16)14-9-5-3-4-8(6-9)13(17)18/h3,5,7-9H,2,4,6H2,1H3,(H,14,16)(H,17,18)/t8-,9-/m0/s1. The first-order valence-electron chi connectivity index (χ1n) is 6.25. The molecule has 2 N–H and O–H groups in total. The minimum absolute atomic E-state index is 0.225. The van der Waals surface area contributed by atoms with Crippen LogP contribution in [-0.4, -0.2) is 28.0 Å². The number of nitrogens with one attached hydrogen (secondary N) is 1. The van der Waals surface area contributed by atoms with Gasteiger partial charge in [-0.25, -0.2) is 4.98 Å². The average molecular weight is 264 g/mol. The van der Waals surface area contributed by atoms with Crippen LogP contribution in [0.1, 0.15) is 36.1 Å². The predicted octanol–water partition coefficient (Wildman–Crippen LogP) is 1.39. The Balaban J connectivity index is 1.97. The first kappa shape index (κ1) is 13.3. The fourth-order valence-electron chi connectivity index (χ4n) is 2.02. The molecule has 0 aliphatic heterocycles. The van der Waals surface area contributed by atoms with Crippen LogP contribution < -0.4 is 5.32 Å². The van der Waals surface area contributed by atoms with Crippen molar-refractivity contribution in [3.8, 4) is 0 Å². The van der Waals surface area contributed by atoms with E-state index in [9.17, 15) is 9.59 Å². The third kappa shape index (κ3) is 3.21. The van der Waals surface area contributed by atoms with E-state index in [0.29, 0.717) is 25.2 Å². The molecule has 1 aromatic rings. The molecular weight excluding hydrogens is 248 g/mol. The molecule has 1 aliphatic carbocycles. The SMILES string of the molecule is CCc1nc(C(=O)N[C@H]2C=CC[C@H](C(=O)O)C2)co1. The Labute approximate surface area is 110 Å². The third-order valence-corrected chi connectivity index (χ3v) is 3.08. The van der Waals surface area contributed by atoms with Crippen LogP contribution in [0.25, 0.3) is 0 Å². The Morgan fingerprint density at radius 3 is 3.00 bits per heavy atom. The lowest BCUT2D eigenvalue weighted by Gasteiger charge is -2.22. The average Bonchev–Trinajstić information content (AvgIpc) is 2.88. The van der Waals surface area contributed by atoms with Crippen molar-refractivity contribution in [2.75, 3.05) is 0 Å². The number of oxazole rings is 1. The molecule has 1 aromatic heterocycles. The highest BCUT2D eigenvalue weighted by Crippen LogP contribution is 2.19. The normalized spacial score (nSPS) is 22.2. The summed E-state index contributed by atoms with van der Waals surface area (Å²) in [5, 5.41) is 11.7. The number of aryl methyl sites for hydroxylation is 1. The summed E-state index contributed by atoms with van der Waals surface area (Å²) in [5.41, 5.74) is 0.225. The number of aromatic nitrogens is 1. The van der Waals surface area contributed by atoms with Crippen LogP contribution in [0.15, 0.2) is 22.8 Å². The maximum atomic E-state index is 11.9. The molecule has 0 radical (unpaired) electrons. The van der Waals surface area contributed by atoms with Crippen LogP contribution in [0.2, 0.25) is 0 Å². The van der Waals surface area contributed by atoms with Crippen molar-refractivity contribution in [2.24, 2.45) is 5.92 Å². The molecular formula is C13H16N2O4. The second-order valence-electron chi connectivity index (χ2n) is 4.49. The maximum Gasteiger partial charge on any atom is 0.306 e. The second kappa shape index (κ2) is 5.69. The van der Waals surface area contributed by atoms with Crippen LogP contribution >= 0.6 is 0 Å². The Bertz CT molecular complexity index is 506. The molecule has 6 heteroatoms. The van der Waals surface area contributed by atoms with Gasteiger partial charge in [-0.15, -0.1) is 0 Å². The van der Waals surface area contributed by atoms with Gasteiger partial charge in [0.2, 0.25) is 0 Å². The van der Waals surface area contributed by atoms with E-state index >= 15 is 0 Å². The van der Waals surface area contributed by atoms with E-state index in [1.807, 2.05) is 13.0 Å². The smallest absolute Gasteiger partial charge is 0.306 e. The Morgan fingerprint density at radius 2 is 2.37 bits per heavy atom. The maximum absolute atomic E-state index is 11.9. The Hall–Kier alpha value is -2.11. The molecule has 1 heterocycles. The topological polar surface area (TPSA) is 92.4 Å². The van der Waals surface area contributed by atoms with Gasteiger partial charge >= 0.3 is 5.97 Å². The van der Waals surface area contributed by atoms with Gasteiger partial charge < -0.3 is 14.8 Å². The highest BCUT2D eigenvalue weighted by Gasteiger charge is 2.25. The number of carboxylic acids is 1. The fourth-order valence-corrected chi connectivity index (χ4v) is 2.02. The van der Waals surface area contributed by atoms with E-state index in [-0.39, 0.29) is 17.6 Å². The van der Waals surface area contributed by atoms with Crippen molar-refractivity contribution >= 4 is 11.9 Å². The number of amides is 1. The zero-order valence-corrected chi connectivity index (χ0v) is 10.6. The number of allylic oxidation sites excluding steroid dienone is 1. The van der Waals surface area contributed by atoms with Gasteiger partial charge in [0.25, 0.3) is 5.91 Å². The highest BCUT2D eigenvalue weighted by atomic mass is 16.4. The molecule has 6 nitrogen and oxygen atoms in total. The Morgan fingerprint density at radius 1 is 1.58 bits per heavy atom. The molecule has 102 valence electrons. The number of hydrogen-bond donors (Lipinski definition) is 2. The minimum Gasteiger partial charge on any atom is -0.481 e. The number of carboxylic acid groups (broad SMARTS) is 1. The monoisotopic (exact) mass is 264 g/mol. The van der Waals surface area contributed by atoms with Crippen molar-refractivity contribution in [2.45, 2.75) is 32.2 Å². The molecule has 19 heavy (non-hydrogen) atoms. The van der Waals surface area contributed by atoms with Crippen molar-refractivity contribution < 1.29 is 19.1 Å². The van der Waals surface area contributed by atoms with E-state index < -0.39 is 11.9 Å². The summed E-state index contributed by atoms with van der Waals surface area (Å²) in [7, 11) is 0. The van der Waals surface area contributed by atoms with Crippen LogP contribution in [0.5, 0.6) is 0 Å². The number of hydrogen-bond acceptors (Lipinski definition) is 4. The van der Waals surface area contributed by atoms with Gasteiger partial charge in [-0.05, 0) is 12.8 Å². The summed E-state index contributed by atoms with van der Waals surface area (Å²) in [6.45, 7) is 1.88. The van der Waals surface area contributed by atoms with Crippen molar-refractivity contribution in [3.63, 3.8) is 0 Å². The number of carbonyl (C=O) groups excluding carboxylic acids is 1. The van der Waals surface area contributed by atoms with Crippen LogP contribution in [0, 0.1) is 5.92 Å². The number of carbonyl (C=O) groups is 2. The molecule has 0 fully saturated rings. The predicted molar refractivity (Wildman–Crippen MR) is 66.6 cm³/mol. The molecule has 2 rings (SSSR count). The summed E-state index contributed by atoms with van der Waals surface area (Å²) in [5.74, 6) is -1.12. The lowest BCUT2D eigenvalue weighted by molar-refractivity contribution is -0.142. The molecule has 1 amide bonds. The molecule has 0 bridgehead atoms. The summed E-state index contributed by atoms with van der Waals surface area (Å²) in [6, 6.07) is -0.274. The van der Waals surface area contributed by atoms with Gasteiger partial charge in [-0.3, -0.25) is 9.59 Å². The minimum atomic E-state index is -0.835. The van der Waals surface area contributed by atoms with Crippen molar-refractivity contribution in [3.05, 3.63) is 30.0 Å². The zero-order valence-electron chi connectivity index (χ0n) is 10.6. The lowest BCUT2D eigenvalue weighted by atomic mass is 9.91. The molecule has 0 unspecified atom stereocenters. The first-order chi connectivity index (χ1) is 9.10. The molecule has 0 saturated carbocycles. The largest absolute Gasteiger partial charge is 0.481 e. The van der Waals surface area contributed by atoms with Gasteiger partial charge in [0.1, 0.15) is 6.26 Å². The lowest BCUT2D eigenvalue weighted by Crippen LogP contribution is -2.37. The van der Waals surface area contributed by atoms with Gasteiger partial charge in [-0.1, -0.05) is 19.1 Å². The van der Waals surface area contributed by atoms with Crippen molar-refractivity contribution in [1.82, 2.24) is 10.3 Å². The van der Waals surface area contributed by atoms with Crippen LogP contribution in [0.3, 0.4) is 0 Å². The third-order valence-electron chi connectivity index (χ3n) is 3.08. The van der Waals surface area contributed by atoms with Gasteiger partial charge in [-0.2, -0.15) is 0 Å². The van der Waals surface area contributed by atoms with Crippen molar-refractivity contribution in [1.29, 1.82) is 0 Å². The van der Waals surface area contributed by atoms with Gasteiger partial charge in [0.05, 0.1) is 5.92 Å². The van der Waals surface area contributed by atoms with E-state index in [1.54, 1.807) is 6.08 Å². The van der Waals surface area contributed by atoms with E-state index in [1.165, 1.54) is 6.26 Å². The highest BCUT2D eigenvalue weighted by molar-refractivity contribution is 5.92.